The number of hydrogen-bond donors (Lipinski definition) is 2. The normalized spacial score (nSPS) is 12.3. The molecule has 3 aromatic rings. The van der Waals surface area contributed by atoms with E-state index in [4.69, 9.17) is 0 Å². The molecule has 0 aliphatic heterocycles. The Hall–Kier alpha value is -2.27. The minimum Gasteiger partial charge on any atom is -0.333 e. The number of nitrogens with one attached hydrogen (secondary N) is 2. The molecule has 2 N–H and O–H groups in total. The molecule has 1 aromatic heterocycles. The molecule has 0 fully saturated rings. The highest BCUT2D eigenvalue weighted by molar-refractivity contribution is 8.00. The van der Waals surface area contributed by atoms with Crippen molar-refractivity contribution < 1.29 is 4.79 Å². The molecule has 3 rings (SSSR count). The number of imidazole rings is 1. The Kier molecular flexibility index (Phi) is 4.62. The van der Waals surface area contributed by atoms with Gasteiger partial charge in [-0.3, -0.25) is 4.79 Å². The molecule has 0 radical (unpaired) electrons. The SMILES string of the molecule is Cc1ccc(NC(=O)C(C)Sc2nc3ccc(C)cc3[nH]2)c(C)c1. The zero-order valence-corrected chi connectivity index (χ0v) is 15.1. The van der Waals surface area contributed by atoms with E-state index in [0.717, 1.165) is 27.4 Å². The summed E-state index contributed by atoms with van der Waals surface area (Å²) < 4.78 is 0. The summed E-state index contributed by atoms with van der Waals surface area (Å²) in [5, 5.41) is 3.52. The number of rotatable bonds is 4. The zero-order valence-electron chi connectivity index (χ0n) is 14.3. The van der Waals surface area contributed by atoms with E-state index in [0.29, 0.717) is 0 Å². The maximum atomic E-state index is 12.4. The smallest absolute Gasteiger partial charge is 0.237 e. The van der Waals surface area contributed by atoms with Gasteiger partial charge in [-0.05, 0) is 57.0 Å². The molecule has 0 aliphatic rings. The van der Waals surface area contributed by atoms with Crippen LogP contribution in [0.1, 0.15) is 23.6 Å². The molecular formula is C19H21N3OS. The van der Waals surface area contributed by atoms with E-state index in [1.165, 1.54) is 22.9 Å². The van der Waals surface area contributed by atoms with Gasteiger partial charge in [-0.2, -0.15) is 0 Å². The number of anilines is 1. The lowest BCUT2D eigenvalue weighted by atomic mass is 10.1. The molecule has 24 heavy (non-hydrogen) atoms. The van der Waals surface area contributed by atoms with Crippen molar-refractivity contribution in [2.75, 3.05) is 5.32 Å². The summed E-state index contributed by atoms with van der Waals surface area (Å²) in [5.74, 6) is -0.0245. The highest BCUT2D eigenvalue weighted by Gasteiger charge is 2.17. The third-order valence-electron chi connectivity index (χ3n) is 3.91. The van der Waals surface area contributed by atoms with Crippen molar-refractivity contribution in [3.8, 4) is 0 Å². The van der Waals surface area contributed by atoms with E-state index in [-0.39, 0.29) is 11.2 Å². The highest BCUT2D eigenvalue weighted by atomic mass is 32.2. The van der Waals surface area contributed by atoms with Crippen LogP contribution in [0.5, 0.6) is 0 Å². The van der Waals surface area contributed by atoms with Crippen LogP contribution >= 0.6 is 11.8 Å². The Balaban J connectivity index is 1.70. The molecule has 0 bridgehead atoms. The second-order valence-corrected chi connectivity index (χ2v) is 7.46. The van der Waals surface area contributed by atoms with Gasteiger partial charge in [0.1, 0.15) is 0 Å². The summed E-state index contributed by atoms with van der Waals surface area (Å²) in [7, 11) is 0. The number of benzene rings is 2. The third kappa shape index (κ3) is 3.62. The Morgan fingerprint density at radius 3 is 2.58 bits per heavy atom. The standard InChI is InChI=1S/C19H21N3OS/c1-11-5-7-15(13(3)9-11)20-18(23)14(4)24-19-21-16-8-6-12(2)10-17(16)22-19/h5-10,14H,1-4H3,(H,20,23)(H,21,22). The van der Waals surface area contributed by atoms with E-state index >= 15 is 0 Å². The Bertz CT molecular complexity index is 901. The van der Waals surface area contributed by atoms with Crippen molar-refractivity contribution in [3.63, 3.8) is 0 Å². The fourth-order valence-electron chi connectivity index (χ4n) is 2.57. The first kappa shape index (κ1) is 16.6. The van der Waals surface area contributed by atoms with Crippen LogP contribution in [0.3, 0.4) is 0 Å². The second-order valence-electron chi connectivity index (χ2n) is 6.13. The summed E-state index contributed by atoms with van der Waals surface area (Å²) in [4.78, 5) is 20.3. The molecular weight excluding hydrogens is 318 g/mol. The summed E-state index contributed by atoms with van der Waals surface area (Å²) >= 11 is 1.43. The fraction of sp³-hybridized carbons (Fsp3) is 0.263. The number of aromatic amines is 1. The van der Waals surface area contributed by atoms with E-state index in [2.05, 4.69) is 27.4 Å². The molecule has 0 saturated heterocycles. The highest BCUT2D eigenvalue weighted by Crippen LogP contribution is 2.25. The minimum atomic E-state index is -0.243. The van der Waals surface area contributed by atoms with Crippen molar-refractivity contribution in [3.05, 3.63) is 53.1 Å². The van der Waals surface area contributed by atoms with Crippen molar-refractivity contribution in [1.29, 1.82) is 0 Å². The van der Waals surface area contributed by atoms with E-state index in [1.807, 2.05) is 52.0 Å². The first-order valence-corrected chi connectivity index (χ1v) is 8.81. The van der Waals surface area contributed by atoms with E-state index in [9.17, 15) is 4.79 Å². The predicted molar refractivity (Wildman–Crippen MR) is 101 cm³/mol. The lowest BCUT2D eigenvalue weighted by Gasteiger charge is -2.12. The summed E-state index contributed by atoms with van der Waals surface area (Å²) in [6, 6.07) is 12.1. The topological polar surface area (TPSA) is 57.8 Å². The molecule has 1 amide bonds. The van der Waals surface area contributed by atoms with Crippen LogP contribution in [0.2, 0.25) is 0 Å². The van der Waals surface area contributed by atoms with Crippen LogP contribution in [0.15, 0.2) is 41.6 Å². The Morgan fingerprint density at radius 1 is 1.12 bits per heavy atom. The van der Waals surface area contributed by atoms with Gasteiger partial charge < -0.3 is 10.3 Å². The molecule has 0 aliphatic carbocycles. The van der Waals surface area contributed by atoms with Gasteiger partial charge in [0, 0.05) is 5.69 Å². The molecule has 0 saturated carbocycles. The number of H-pyrrole nitrogens is 1. The number of aryl methyl sites for hydroxylation is 3. The first-order chi connectivity index (χ1) is 11.4. The van der Waals surface area contributed by atoms with E-state index in [1.54, 1.807) is 0 Å². The lowest BCUT2D eigenvalue weighted by molar-refractivity contribution is -0.115. The number of fused-ring (bicyclic) bond motifs is 1. The van der Waals surface area contributed by atoms with Gasteiger partial charge >= 0.3 is 0 Å². The van der Waals surface area contributed by atoms with Crippen LogP contribution in [0.25, 0.3) is 11.0 Å². The maximum absolute atomic E-state index is 12.4. The summed E-state index contributed by atoms with van der Waals surface area (Å²) in [6.07, 6.45) is 0. The number of carbonyl (C=O) groups excluding carboxylic acids is 1. The zero-order chi connectivity index (χ0) is 17.3. The van der Waals surface area contributed by atoms with Crippen LogP contribution in [0, 0.1) is 20.8 Å². The largest absolute Gasteiger partial charge is 0.333 e. The van der Waals surface area contributed by atoms with Crippen molar-refractivity contribution in [1.82, 2.24) is 9.97 Å². The van der Waals surface area contributed by atoms with Crippen LogP contribution < -0.4 is 5.32 Å². The monoisotopic (exact) mass is 339 g/mol. The molecule has 0 spiro atoms. The third-order valence-corrected chi connectivity index (χ3v) is 4.90. The minimum absolute atomic E-state index is 0.0245. The van der Waals surface area contributed by atoms with Gasteiger partial charge in [-0.25, -0.2) is 4.98 Å². The van der Waals surface area contributed by atoms with Crippen LogP contribution in [-0.4, -0.2) is 21.1 Å². The van der Waals surface area contributed by atoms with Crippen LogP contribution in [0.4, 0.5) is 5.69 Å². The first-order valence-electron chi connectivity index (χ1n) is 7.93. The molecule has 1 unspecified atom stereocenters. The van der Waals surface area contributed by atoms with Gasteiger partial charge in [0.2, 0.25) is 5.91 Å². The molecule has 1 atom stereocenters. The predicted octanol–water partition coefficient (Wildman–Crippen LogP) is 4.61. The maximum Gasteiger partial charge on any atom is 0.237 e. The van der Waals surface area contributed by atoms with Gasteiger partial charge in [-0.15, -0.1) is 0 Å². The second kappa shape index (κ2) is 6.69. The van der Waals surface area contributed by atoms with Crippen molar-refractivity contribution in [2.45, 2.75) is 38.1 Å². The lowest BCUT2D eigenvalue weighted by Crippen LogP contribution is -2.23. The molecule has 4 nitrogen and oxygen atoms in total. The number of hydrogen-bond acceptors (Lipinski definition) is 3. The average Bonchev–Trinajstić information content (AvgIpc) is 2.91. The average molecular weight is 339 g/mol. The number of aromatic nitrogens is 2. The number of carbonyl (C=O) groups is 1. The number of thioether (sulfide) groups is 1. The fourth-order valence-corrected chi connectivity index (χ4v) is 3.39. The van der Waals surface area contributed by atoms with Gasteiger partial charge in [0.05, 0.1) is 16.3 Å². The van der Waals surface area contributed by atoms with Crippen molar-refractivity contribution >= 4 is 34.4 Å². The van der Waals surface area contributed by atoms with E-state index < -0.39 is 0 Å². The van der Waals surface area contributed by atoms with Gasteiger partial charge in [-0.1, -0.05) is 35.5 Å². The van der Waals surface area contributed by atoms with Crippen molar-refractivity contribution in [2.24, 2.45) is 0 Å². The van der Waals surface area contributed by atoms with Crippen LogP contribution in [-0.2, 0) is 4.79 Å². The summed E-state index contributed by atoms with van der Waals surface area (Å²) in [6.45, 7) is 7.98. The quantitative estimate of drug-likeness (QED) is 0.683. The number of nitrogens with zero attached hydrogens (tertiary/aromatic N) is 1. The molecule has 2 aromatic carbocycles. The Morgan fingerprint density at radius 2 is 1.83 bits per heavy atom. The Labute approximate surface area is 146 Å². The molecule has 124 valence electrons. The molecule has 5 heteroatoms. The molecule has 1 heterocycles. The van der Waals surface area contributed by atoms with Gasteiger partial charge in [0.25, 0.3) is 0 Å². The number of amides is 1. The van der Waals surface area contributed by atoms with Gasteiger partial charge in [0.15, 0.2) is 5.16 Å². The summed E-state index contributed by atoms with van der Waals surface area (Å²) in [5.41, 5.74) is 6.22.